The lowest BCUT2D eigenvalue weighted by molar-refractivity contribution is -0.138. The highest BCUT2D eigenvalue weighted by Crippen LogP contribution is 2.44. The van der Waals surface area contributed by atoms with E-state index in [0.717, 1.165) is 24.0 Å². The molecule has 3 atom stereocenters. The standard InChI is InChI=1S/C27H32N2O5/c1-2-17(15-25(30)31)28-26(32)22-13-7-8-14-24(22)29-27(33)34-16-23-20-11-5-3-9-18(20)19-10-4-6-12-21(19)23/h3-6,9-12,17,22-24H,2,7-8,13-16H2,1H3,(H,28,32)(H,29,33)(H,30,31)/t17-,22+,24-/m0/s1. The first-order chi connectivity index (χ1) is 16.5. The third-order valence-corrected chi connectivity index (χ3v) is 7.01. The Morgan fingerprint density at radius 1 is 1.00 bits per heavy atom. The summed E-state index contributed by atoms with van der Waals surface area (Å²) in [6, 6.07) is 15.6. The summed E-state index contributed by atoms with van der Waals surface area (Å²) in [5.41, 5.74) is 4.64. The highest BCUT2D eigenvalue weighted by Gasteiger charge is 2.34. The largest absolute Gasteiger partial charge is 0.481 e. The van der Waals surface area contributed by atoms with E-state index in [-0.39, 0.29) is 30.9 Å². The maximum absolute atomic E-state index is 12.9. The average molecular weight is 465 g/mol. The van der Waals surface area contributed by atoms with Crippen molar-refractivity contribution in [2.45, 2.75) is 63.5 Å². The molecule has 1 saturated carbocycles. The smallest absolute Gasteiger partial charge is 0.407 e. The molecule has 0 saturated heterocycles. The van der Waals surface area contributed by atoms with Crippen LogP contribution >= 0.6 is 0 Å². The molecule has 2 aliphatic rings. The number of hydrogen-bond donors (Lipinski definition) is 3. The van der Waals surface area contributed by atoms with Gasteiger partial charge in [-0.15, -0.1) is 0 Å². The number of rotatable bonds is 8. The number of fused-ring (bicyclic) bond motifs is 3. The summed E-state index contributed by atoms with van der Waals surface area (Å²) >= 11 is 0. The van der Waals surface area contributed by atoms with Gasteiger partial charge in [-0.1, -0.05) is 68.3 Å². The number of nitrogens with one attached hydrogen (secondary N) is 2. The van der Waals surface area contributed by atoms with Gasteiger partial charge in [0.1, 0.15) is 6.61 Å². The molecule has 0 heterocycles. The van der Waals surface area contributed by atoms with E-state index in [1.165, 1.54) is 11.1 Å². The fourth-order valence-corrected chi connectivity index (χ4v) is 5.23. The molecule has 0 aliphatic heterocycles. The zero-order valence-electron chi connectivity index (χ0n) is 19.5. The molecule has 7 heteroatoms. The number of benzene rings is 2. The maximum atomic E-state index is 12.9. The van der Waals surface area contributed by atoms with E-state index in [9.17, 15) is 14.4 Å². The van der Waals surface area contributed by atoms with Crippen LogP contribution in [0.15, 0.2) is 48.5 Å². The topological polar surface area (TPSA) is 105 Å². The van der Waals surface area contributed by atoms with Crippen LogP contribution in [0.25, 0.3) is 11.1 Å². The highest BCUT2D eigenvalue weighted by atomic mass is 16.5. The molecule has 34 heavy (non-hydrogen) atoms. The van der Waals surface area contributed by atoms with E-state index in [2.05, 4.69) is 34.9 Å². The minimum Gasteiger partial charge on any atom is -0.481 e. The Bertz CT molecular complexity index is 1010. The summed E-state index contributed by atoms with van der Waals surface area (Å²) in [6.07, 6.45) is 3.07. The van der Waals surface area contributed by atoms with Crippen molar-refractivity contribution in [2.75, 3.05) is 6.61 Å². The lowest BCUT2D eigenvalue weighted by Gasteiger charge is -2.32. The minimum atomic E-state index is -0.941. The molecule has 0 bridgehead atoms. The summed E-state index contributed by atoms with van der Waals surface area (Å²) < 4.78 is 5.67. The van der Waals surface area contributed by atoms with Crippen molar-refractivity contribution in [3.05, 3.63) is 59.7 Å². The van der Waals surface area contributed by atoms with Crippen LogP contribution in [0.4, 0.5) is 4.79 Å². The van der Waals surface area contributed by atoms with Gasteiger partial charge in [0.15, 0.2) is 0 Å². The van der Waals surface area contributed by atoms with Crippen LogP contribution in [0.1, 0.15) is 62.5 Å². The predicted octanol–water partition coefficient (Wildman–Crippen LogP) is 4.45. The first kappa shape index (κ1) is 23.8. The van der Waals surface area contributed by atoms with E-state index in [0.29, 0.717) is 19.3 Å². The fourth-order valence-electron chi connectivity index (χ4n) is 5.23. The van der Waals surface area contributed by atoms with E-state index in [4.69, 9.17) is 9.84 Å². The van der Waals surface area contributed by atoms with E-state index in [1.807, 2.05) is 31.2 Å². The molecule has 2 aromatic rings. The number of amides is 2. The number of carbonyl (C=O) groups is 3. The van der Waals surface area contributed by atoms with E-state index >= 15 is 0 Å². The summed E-state index contributed by atoms with van der Waals surface area (Å²) in [7, 11) is 0. The van der Waals surface area contributed by atoms with Crippen molar-refractivity contribution in [2.24, 2.45) is 5.92 Å². The fraction of sp³-hybridized carbons (Fsp3) is 0.444. The number of carbonyl (C=O) groups excluding carboxylic acids is 2. The van der Waals surface area contributed by atoms with Crippen LogP contribution in [-0.4, -0.2) is 41.8 Å². The quantitative estimate of drug-likeness (QED) is 0.535. The van der Waals surface area contributed by atoms with Gasteiger partial charge in [0.05, 0.1) is 12.3 Å². The maximum Gasteiger partial charge on any atom is 0.407 e. The first-order valence-electron chi connectivity index (χ1n) is 12.1. The van der Waals surface area contributed by atoms with Crippen LogP contribution in [0, 0.1) is 5.92 Å². The Morgan fingerprint density at radius 2 is 1.62 bits per heavy atom. The molecular formula is C27H32N2O5. The molecule has 2 aromatic carbocycles. The molecule has 3 N–H and O–H groups in total. The van der Waals surface area contributed by atoms with Crippen molar-refractivity contribution in [1.82, 2.24) is 10.6 Å². The summed E-state index contributed by atoms with van der Waals surface area (Å²) in [6.45, 7) is 2.07. The number of aliphatic carboxylic acids is 1. The lowest BCUT2D eigenvalue weighted by Crippen LogP contribution is -2.50. The molecule has 1 fully saturated rings. The lowest BCUT2D eigenvalue weighted by atomic mass is 9.83. The number of carboxylic acid groups (broad SMARTS) is 1. The minimum absolute atomic E-state index is 0.0232. The molecule has 7 nitrogen and oxygen atoms in total. The third-order valence-electron chi connectivity index (χ3n) is 7.01. The van der Waals surface area contributed by atoms with E-state index < -0.39 is 24.0 Å². The Morgan fingerprint density at radius 3 is 2.24 bits per heavy atom. The average Bonchev–Trinajstić information content (AvgIpc) is 3.16. The zero-order chi connectivity index (χ0) is 24.1. The van der Waals surface area contributed by atoms with Gasteiger partial charge in [0.25, 0.3) is 0 Å². The second-order valence-corrected chi connectivity index (χ2v) is 9.18. The van der Waals surface area contributed by atoms with Gasteiger partial charge in [-0.05, 0) is 41.5 Å². The highest BCUT2D eigenvalue weighted by molar-refractivity contribution is 5.82. The van der Waals surface area contributed by atoms with Crippen LogP contribution in [0.3, 0.4) is 0 Å². The molecule has 4 rings (SSSR count). The Kier molecular flexibility index (Phi) is 7.50. The van der Waals surface area contributed by atoms with Crippen LogP contribution in [-0.2, 0) is 14.3 Å². The summed E-state index contributed by atoms with van der Waals surface area (Å²) in [5.74, 6) is -1.55. The van der Waals surface area contributed by atoms with Gasteiger partial charge < -0.3 is 20.5 Å². The molecule has 2 aliphatic carbocycles. The number of alkyl carbamates (subject to hydrolysis) is 1. The first-order valence-corrected chi connectivity index (χ1v) is 12.1. The molecule has 0 spiro atoms. The number of hydrogen-bond acceptors (Lipinski definition) is 4. The second kappa shape index (κ2) is 10.7. The van der Waals surface area contributed by atoms with Crippen molar-refractivity contribution < 1.29 is 24.2 Å². The molecule has 0 aromatic heterocycles. The molecular weight excluding hydrogens is 432 g/mol. The van der Waals surface area contributed by atoms with Gasteiger partial charge in [-0.3, -0.25) is 9.59 Å². The van der Waals surface area contributed by atoms with Gasteiger partial charge in [0, 0.05) is 18.0 Å². The second-order valence-electron chi connectivity index (χ2n) is 9.18. The van der Waals surface area contributed by atoms with Crippen molar-refractivity contribution >= 4 is 18.0 Å². The van der Waals surface area contributed by atoms with Crippen molar-refractivity contribution in [3.8, 4) is 11.1 Å². The van der Waals surface area contributed by atoms with Gasteiger partial charge >= 0.3 is 12.1 Å². The summed E-state index contributed by atoms with van der Waals surface area (Å²) in [4.78, 5) is 36.7. The molecule has 0 unspecified atom stereocenters. The number of carboxylic acids is 1. The van der Waals surface area contributed by atoms with Gasteiger partial charge in [0.2, 0.25) is 5.91 Å². The molecule has 180 valence electrons. The zero-order valence-corrected chi connectivity index (χ0v) is 19.5. The van der Waals surface area contributed by atoms with Gasteiger partial charge in [-0.25, -0.2) is 4.79 Å². The van der Waals surface area contributed by atoms with Crippen LogP contribution in [0.5, 0.6) is 0 Å². The Balaban J connectivity index is 1.37. The monoisotopic (exact) mass is 464 g/mol. The molecule has 2 amide bonds. The summed E-state index contributed by atoms with van der Waals surface area (Å²) in [5, 5.41) is 14.8. The van der Waals surface area contributed by atoms with Crippen LogP contribution < -0.4 is 10.6 Å². The number of ether oxygens (including phenoxy) is 1. The normalized spacial score (nSPS) is 20.0. The van der Waals surface area contributed by atoms with Crippen molar-refractivity contribution in [1.29, 1.82) is 0 Å². The Hall–Kier alpha value is -3.35. The Labute approximate surface area is 199 Å². The van der Waals surface area contributed by atoms with Crippen LogP contribution in [0.2, 0.25) is 0 Å². The molecule has 0 radical (unpaired) electrons. The third kappa shape index (κ3) is 5.24. The van der Waals surface area contributed by atoms with E-state index in [1.54, 1.807) is 0 Å². The predicted molar refractivity (Wildman–Crippen MR) is 128 cm³/mol. The SMILES string of the molecule is CC[C@@H](CC(=O)O)NC(=O)[C@@H]1CCCC[C@@H]1NC(=O)OCC1c2ccccc2-c2ccccc21. The van der Waals surface area contributed by atoms with Crippen molar-refractivity contribution in [3.63, 3.8) is 0 Å². The van der Waals surface area contributed by atoms with Gasteiger partial charge in [-0.2, -0.15) is 0 Å².